The van der Waals surface area contributed by atoms with Crippen LogP contribution in [0, 0.1) is 0 Å². The third-order valence-corrected chi connectivity index (χ3v) is 4.03. The Kier molecular flexibility index (Phi) is 6.03. The van der Waals surface area contributed by atoms with Crippen molar-refractivity contribution in [1.82, 2.24) is 5.32 Å². The molecule has 1 rings (SSSR count). The topological polar surface area (TPSA) is 41.5 Å². The van der Waals surface area contributed by atoms with Crippen LogP contribution in [-0.2, 0) is 5.41 Å². The number of likely N-dealkylation sites (N-methyl/N-ethyl adjacent to an activating group) is 1. The maximum absolute atomic E-state index is 9.43. The van der Waals surface area contributed by atoms with E-state index in [0.717, 1.165) is 18.7 Å². The van der Waals surface area contributed by atoms with Crippen LogP contribution >= 0.6 is 0 Å². The second-order valence-electron chi connectivity index (χ2n) is 6.30. The Morgan fingerprint density at radius 3 is 2.15 bits per heavy atom. The smallest absolute Gasteiger partial charge is 0.119 e. The second-order valence-corrected chi connectivity index (χ2v) is 6.30. The molecule has 0 aromatic heterocycles. The van der Waals surface area contributed by atoms with E-state index in [9.17, 15) is 5.11 Å². The predicted molar refractivity (Wildman–Crippen MR) is 84.4 cm³/mol. The van der Waals surface area contributed by atoms with Gasteiger partial charge in [0.15, 0.2) is 0 Å². The molecular formula is C17H29NO2. The fraction of sp³-hybridized carbons (Fsp3) is 0.647. The van der Waals surface area contributed by atoms with Gasteiger partial charge in [0.1, 0.15) is 12.4 Å². The van der Waals surface area contributed by atoms with Crippen molar-refractivity contribution in [1.29, 1.82) is 0 Å². The zero-order valence-electron chi connectivity index (χ0n) is 13.5. The van der Waals surface area contributed by atoms with Gasteiger partial charge >= 0.3 is 0 Å². The fourth-order valence-corrected chi connectivity index (χ4v) is 2.03. The van der Waals surface area contributed by atoms with Crippen molar-refractivity contribution in [2.75, 3.05) is 19.8 Å². The zero-order chi connectivity index (χ0) is 15.2. The Bertz CT molecular complexity index is 400. The van der Waals surface area contributed by atoms with Crippen LogP contribution in [0.5, 0.6) is 5.75 Å². The summed E-state index contributed by atoms with van der Waals surface area (Å²) in [7, 11) is 0. The van der Waals surface area contributed by atoms with E-state index < -0.39 is 5.54 Å². The largest absolute Gasteiger partial charge is 0.492 e. The van der Waals surface area contributed by atoms with Crippen LogP contribution in [0.25, 0.3) is 0 Å². The highest BCUT2D eigenvalue weighted by Gasteiger charge is 2.23. The Morgan fingerprint density at radius 1 is 1.10 bits per heavy atom. The summed E-state index contributed by atoms with van der Waals surface area (Å²) in [6, 6.07) is 8.28. The monoisotopic (exact) mass is 279 g/mol. The van der Waals surface area contributed by atoms with Gasteiger partial charge < -0.3 is 15.2 Å². The van der Waals surface area contributed by atoms with E-state index >= 15 is 0 Å². The number of hydrogen-bond donors (Lipinski definition) is 2. The number of aliphatic hydroxyl groups excluding tert-OH is 1. The zero-order valence-corrected chi connectivity index (χ0v) is 13.5. The molecule has 0 spiro atoms. The number of rotatable bonds is 8. The lowest BCUT2D eigenvalue weighted by molar-refractivity contribution is 0.117. The normalized spacial score (nSPS) is 14.9. The minimum absolute atomic E-state index is 0.0573. The van der Waals surface area contributed by atoms with Crippen molar-refractivity contribution in [2.24, 2.45) is 0 Å². The van der Waals surface area contributed by atoms with Gasteiger partial charge in [-0.05, 0) is 43.0 Å². The summed E-state index contributed by atoms with van der Waals surface area (Å²) in [6.45, 7) is 12.0. The Morgan fingerprint density at radius 2 is 1.70 bits per heavy atom. The fourth-order valence-electron chi connectivity index (χ4n) is 2.03. The molecule has 1 aromatic rings. The number of ether oxygens (including phenoxy) is 1. The van der Waals surface area contributed by atoms with Gasteiger partial charge in [0.25, 0.3) is 0 Å². The molecule has 3 nitrogen and oxygen atoms in total. The number of nitrogens with one attached hydrogen (secondary N) is 1. The number of aliphatic hydroxyl groups is 1. The maximum atomic E-state index is 9.43. The van der Waals surface area contributed by atoms with E-state index in [2.05, 4.69) is 38.2 Å². The van der Waals surface area contributed by atoms with Gasteiger partial charge in [-0.1, -0.05) is 39.8 Å². The summed E-state index contributed by atoms with van der Waals surface area (Å²) < 4.78 is 5.79. The van der Waals surface area contributed by atoms with Crippen molar-refractivity contribution in [2.45, 2.75) is 52.0 Å². The van der Waals surface area contributed by atoms with E-state index in [1.54, 1.807) is 0 Å². The van der Waals surface area contributed by atoms with Crippen LogP contribution in [0.3, 0.4) is 0 Å². The van der Waals surface area contributed by atoms with Crippen LogP contribution in [0.4, 0.5) is 0 Å². The summed E-state index contributed by atoms with van der Waals surface area (Å²) in [5.74, 6) is 0.846. The number of hydrogen-bond acceptors (Lipinski definition) is 3. The molecule has 0 heterocycles. The van der Waals surface area contributed by atoms with E-state index in [-0.39, 0.29) is 12.0 Å². The lowest BCUT2D eigenvalue weighted by Crippen LogP contribution is -2.50. The summed E-state index contributed by atoms with van der Waals surface area (Å²) in [4.78, 5) is 0. The van der Waals surface area contributed by atoms with Crippen LogP contribution in [0.2, 0.25) is 0 Å². The molecule has 114 valence electrons. The Labute approximate surface area is 123 Å². The molecule has 0 saturated heterocycles. The highest BCUT2D eigenvalue weighted by molar-refractivity contribution is 5.31. The van der Waals surface area contributed by atoms with Crippen LogP contribution < -0.4 is 10.1 Å². The average molecular weight is 279 g/mol. The number of benzene rings is 1. The summed E-state index contributed by atoms with van der Waals surface area (Å²) in [6.07, 6.45) is 1.11. The van der Waals surface area contributed by atoms with Crippen molar-refractivity contribution in [3.05, 3.63) is 29.8 Å². The second kappa shape index (κ2) is 7.09. The van der Waals surface area contributed by atoms with Gasteiger partial charge in [0.05, 0.1) is 12.1 Å². The first-order chi connectivity index (χ1) is 9.37. The van der Waals surface area contributed by atoms with Crippen molar-refractivity contribution in [3.8, 4) is 5.75 Å². The molecule has 0 bridgehead atoms. The first-order valence-corrected chi connectivity index (χ1v) is 7.46. The van der Waals surface area contributed by atoms with Gasteiger partial charge in [-0.3, -0.25) is 0 Å². The molecule has 1 atom stereocenters. The van der Waals surface area contributed by atoms with Crippen molar-refractivity contribution in [3.63, 3.8) is 0 Å². The molecule has 1 unspecified atom stereocenters. The third kappa shape index (κ3) is 4.50. The van der Waals surface area contributed by atoms with Crippen molar-refractivity contribution >= 4 is 0 Å². The van der Waals surface area contributed by atoms with Gasteiger partial charge in [-0.25, -0.2) is 0 Å². The van der Waals surface area contributed by atoms with E-state index in [4.69, 9.17) is 4.74 Å². The predicted octanol–water partition coefficient (Wildman–Crippen LogP) is 3.11. The van der Waals surface area contributed by atoms with E-state index in [1.165, 1.54) is 5.56 Å². The van der Waals surface area contributed by atoms with E-state index in [0.29, 0.717) is 6.61 Å². The molecule has 0 aliphatic heterocycles. The quantitative estimate of drug-likeness (QED) is 0.768. The Hall–Kier alpha value is -1.06. The summed E-state index contributed by atoms with van der Waals surface area (Å²) in [5.41, 5.74) is 1.13. The molecule has 2 N–H and O–H groups in total. The van der Waals surface area contributed by atoms with Crippen LogP contribution in [0.1, 0.15) is 46.6 Å². The first kappa shape index (κ1) is 17.0. The maximum Gasteiger partial charge on any atom is 0.119 e. The minimum Gasteiger partial charge on any atom is -0.492 e. The van der Waals surface area contributed by atoms with Crippen molar-refractivity contribution < 1.29 is 9.84 Å². The van der Waals surface area contributed by atoms with Gasteiger partial charge in [0.2, 0.25) is 0 Å². The highest BCUT2D eigenvalue weighted by Crippen LogP contribution is 2.28. The average Bonchev–Trinajstić information content (AvgIpc) is 2.46. The molecule has 1 aromatic carbocycles. The van der Waals surface area contributed by atoms with E-state index in [1.807, 2.05) is 26.0 Å². The van der Waals surface area contributed by atoms with Gasteiger partial charge in [-0.2, -0.15) is 0 Å². The molecule has 3 heteroatoms. The molecule has 0 saturated carbocycles. The molecule has 20 heavy (non-hydrogen) atoms. The molecule has 0 aliphatic carbocycles. The molecule has 0 amide bonds. The molecular weight excluding hydrogens is 250 g/mol. The SMILES string of the molecule is CCNC(C)(CO)COc1ccc(C(C)(C)CC)cc1. The lowest BCUT2D eigenvalue weighted by atomic mass is 9.82. The first-order valence-electron chi connectivity index (χ1n) is 7.46. The van der Waals surface area contributed by atoms with Gasteiger partial charge in [-0.15, -0.1) is 0 Å². The lowest BCUT2D eigenvalue weighted by Gasteiger charge is -2.28. The van der Waals surface area contributed by atoms with Gasteiger partial charge in [0, 0.05) is 0 Å². The standard InChI is InChI=1S/C17H29NO2/c1-6-16(3,4)14-8-10-15(11-9-14)20-13-17(5,12-19)18-7-2/h8-11,18-19H,6-7,12-13H2,1-5H3. The minimum atomic E-state index is -0.393. The highest BCUT2D eigenvalue weighted by atomic mass is 16.5. The molecule has 0 radical (unpaired) electrons. The van der Waals surface area contributed by atoms with Crippen LogP contribution in [-0.4, -0.2) is 30.4 Å². The molecule has 0 aliphatic rings. The summed E-state index contributed by atoms with van der Waals surface area (Å²) >= 11 is 0. The Balaban J connectivity index is 2.66. The van der Waals surface area contributed by atoms with Crippen LogP contribution in [0.15, 0.2) is 24.3 Å². The third-order valence-electron chi connectivity index (χ3n) is 4.03. The molecule has 0 fully saturated rings. The summed E-state index contributed by atoms with van der Waals surface area (Å²) in [5, 5.41) is 12.7.